The van der Waals surface area contributed by atoms with Crippen molar-refractivity contribution in [1.82, 2.24) is 0 Å². The van der Waals surface area contributed by atoms with Gasteiger partial charge in [-0.3, -0.25) is 4.79 Å². The Labute approximate surface area is 232 Å². The lowest BCUT2D eigenvalue weighted by Crippen LogP contribution is -2.51. The maximum Gasteiger partial charge on any atom is 0.315 e. The molecule has 0 spiro atoms. The number of carbonyl (C=O) groups excluding carboxylic acids is 1. The molecule has 3 saturated carbocycles. The molecule has 0 aromatic heterocycles. The van der Waals surface area contributed by atoms with E-state index in [9.17, 15) is 4.79 Å². The molecule has 37 heavy (non-hydrogen) atoms. The third kappa shape index (κ3) is 6.47. The van der Waals surface area contributed by atoms with Gasteiger partial charge in [0, 0.05) is 6.61 Å². The van der Waals surface area contributed by atoms with Gasteiger partial charge in [-0.05, 0) is 110 Å². The Bertz CT molecular complexity index is 792. The number of esters is 1. The molecule has 8 unspecified atom stereocenters. The lowest BCUT2D eigenvalue weighted by Gasteiger charge is -2.58. The van der Waals surface area contributed by atoms with Crippen LogP contribution in [0.2, 0.25) is 0 Å². The van der Waals surface area contributed by atoms with Gasteiger partial charge in [-0.2, -0.15) is 11.8 Å². The van der Waals surface area contributed by atoms with Crippen molar-refractivity contribution in [2.75, 3.05) is 25.2 Å². The second-order valence-electron chi connectivity index (χ2n) is 14.0. The van der Waals surface area contributed by atoms with Crippen LogP contribution in [0.15, 0.2) is 11.6 Å². The first-order valence-corrected chi connectivity index (χ1v) is 16.8. The quantitative estimate of drug-likeness (QED) is 0.143. The van der Waals surface area contributed by atoms with Gasteiger partial charge in [0.15, 0.2) is 0 Å². The van der Waals surface area contributed by atoms with E-state index in [0.717, 1.165) is 60.7 Å². The van der Waals surface area contributed by atoms with E-state index in [1.807, 2.05) is 0 Å². The Morgan fingerprint density at radius 3 is 2.62 bits per heavy atom. The lowest BCUT2D eigenvalue weighted by molar-refractivity contribution is -0.137. The van der Waals surface area contributed by atoms with Crippen LogP contribution in [-0.4, -0.2) is 37.3 Å². The first kappa shape index (κ1) is 29.5. The molecule has 3 nitrogen and oxygen atoms in total. The largest absolute Gasteiger partial charge is 0.468 e. The highest BCUT2D eigenvalue weighted by atomic mass is 32.2. The molecule has 4 rings (SSSR count). The highest BCUT2D eigenvalue weighted by Crippen LogP contribution is 2.67. The summed E-state index contributed by atoms with van der Waals surface area (Å²) in [7, 11) is 1.46. The number of carbonyl (C=O) groups is 1. The standard InChI is InChI=1S/C33H56O3S/c1-23(2)9-7-10-24(3)28-13-14-29-27-12-11-25-21-26(36-19-8-20-37-22-31(34)35-6)15-17-32(25,4)30(27)16-18-33(28,29)5/h11,23-24,26-30H,7-10,12-22H2,1-6H3. The molecule has 4 aliphatic carbocycles. The van der Waals surface area contributed by atoms with E-state index < -0.39 is 0 Å². The second kappa shape index (κ2) is 12.8. The van der Waals surface area contributed by atoms with Crippen molar-refractivity contribution in [2.24, 2.45) is 46.3 Å². The zero-order chi connectivity index (χ0) is 26.6. The third-order valence-corrected chi connectivity index (χ3v) is 12.5. The third-order valence-electron chi connectivity index (χ3n) is 11.5. The Kier molecular flexibility index (Phi) is 10.2. The van der Waals surface area contributed by atoms with Crippen LogP contribution in [0.25, 0.3) is 0 Å². The molecule has 0 N–H and O–H groups in total. The van der Waals surface area contributed by atoms with Crippen molar-refractivity contribution in [3.05, 3.63) is 11.6 Å². The van der Waals surface area contributed by atoms with Crippen molar-refractivity contribution >= 4 is 17.7 Å². The number of ether oxygens (including phenoxy) is 2. The smallest absolute Gasteiger partial charge is 0.315 e. The fourth-order valence-corrected chi connectivity index (χ4v) is 10.2. The van der Waals surface area contributed by atoms with E-state index in [1.165, 1.54) is 71.3 Å². The van der Waals surface area contributed by atoms with Gasteiger partial charge < -0.3 is 9.47 Å². The van der Waals surface area contributed by atoms with Gasteiger partial charge in [-0.25, -0.2) is 0 Å². The molecule has 4 aliphatic rings. The molecule has 4 heteroatoms. The van der Waals surface area contributed by atoms with Crippen LogP contribution in [0, 0.1) is 46.3 Å². The minimum absolute atomic E-state index is 0.132. The molecule has 3 fully saturated rings. The van der Waals surface area contributed by atoms with Gasteiger partial charge in [0.2, 0.25) is 0 Å². The van der Waals surface area contributed by atoms with Crippen LogP contribution in [0.3, 0.4) is 0 Å². The van der Waals surface area contributed by atoms with Gasteiger partial charge in [-0.1, -0.05) is 65.5 Å². The zero-order valence-corrected chi connectivity index (χ0v) is 25.7. The molecule has 0 heterocycles. The number of hydrogen-bond donors (Lipinski definition) is 0. The number of allylic oxidation sites excluding steroid dienone is 1. The summed E-state index contributed by atoms with van der Waals surface area (Å²) >= 11 is 1.65. The summed E-state index contributed by atoms with van der Waals surface area (Å²) in [6, 6.07) is 0. The predicted molar refractivity (Wildman–Crippen MR) is 157 cm³/mol. The Morgan fingerprint density at radius 1 is 1.05 bits per heavy atom. The summed E-state index contributed by atoms with van der Waals surface area (Å²) in [6.07, 6.45) is 19.2. The van der Waals surface area contributed by atoms with E-state index in [-0.39, 0.29) is 5.97 Å². The minimum Gasteiger partial charge on any atom is -0.468 e. The van der Waals surface area contributed by atoms with E-state index in [1.54, 1.807) is 17.3 Å². The molecule has 0 aromatic rings. The Morgan fingerprint density at radius 2 is 1.86 bits per heavy atom. The minimum atomic E-state index is -0.132. The second-order valence-corrected chi connectivity index (χ2v) is 15.1. The van der Waals surface area contributed by atoms with Gasteiger partial charge in [0.1, 0.15) is 0 Å². The molecule has 8 atom stereocenters. The number of thioether (sulfide) groups is 1. The molecule has 0 aliphatic heterocycles. The monoisotopic (exact) mass is 532 g/mol. The van der Waals surface area contributed by atoms with E-state index in [2.05, 4.69) is 40.7 Å². The number of fused-ring (bicyclic) bond motifs is 5. The number of methoxy groups -OCH3 is 1. The fraction of sp³-hybridized carbons (Fsp3) is 0.909. The van der Waals surface area contributed by atoms with Crippen molar-refractivity contribution in [3.63, 3.8) is 0 Å². The Hall–Kier alpha value is -0.480. The summed E-state index contributed by atoms with van der Waals surface area (Å²) in [6.45, 7) is 13.5. The van der Waals surface area contributed by atoms with Crippen LogP contribution in [0.1, 0.15) is 112 Å². The van der Waals surface area contributed by atoms with Gasteiger partial charge in [0.25, 0.3) is 0 Å². The molecule has 0 amide bonds. The van der Waals surface area contributed by atoms with Crippen LogP contribution >= 0.6 is 11.8 Å². The van der Waals surface area contributed by atoms with Crippen molar-refractivity contribution in [3.8, 4) is 0 Å². The first-order valence-electron chi connectivity index (χ1n) is 15.6. The first-order chi connectivity index (χ1) is 17.7. The maximum absolute atomic E-state index is 11.3. The summed E-state index contributed by atoms with van der Waals surface area (Å²) < 4.78 is 11.1. The summed E-state index contributed by atoms with van der Waals surface area (Å²) in [4.78, 5) is 11.3. The lowest BCUT2D eigenvalue weighted by atomic mass is 9.47. The van der Waals surface area contributed by atoms with E-state index in [4.69, 9.17) is 9.47 Å². The summed E-state index contributed by atoms with van der Waals surface area (Å²) in [5.74, 6) is 6.69. The summed E-state index contributed by atoms with van der Waals surface area (Å²) in [5, 5.41) is 0. The van der Waals surface area contributed by atoms with Crippen LogP contribution < -0.4 is 0 Å². The molecular formula is C33H56O3S. The van der Waals surface area contributed by atoms with Crippen molar-refractivity contribution in [1.29, 1.82) is 0 Å². The summed E-state index contributed by atoms with van der Waals surface area (Å²) in [5.41, 5.74) is 2.71. The topological polar surface area (TPSA) is 35.5 Å². The highest BCUT2D eigenvalue weighted by Gasteiger charge is 2.59. The highest BCUT2D eigenvalue weighted by molar-refractivity contribution is 7.99. The molecule has 0 bridgehead atoms. The normalized spacial score (nSPS) is 37.9. The molecule has 0 saturated heterocycles. The van der Waals surface area contributed by atoms with Gasteiger partial charge in [-0.15, -0.1) is 0 Å². The van der Waals surface area contributed by atoms with Crippen LogP contribution in [-0.2, 0) is 14.3 Å². The molecule has 0 aromatic carbocycles. The average molecular weight is 533 g/mol. The van der Waals surface area contributed by atoms with Crippen molar-refractivity contribution in [2.45, 2.75) is 118 Å². The zero-order valence-electron chi connectivity index (χ0n) is 24.9. The molecule has 0 radical (unpaired) electrons. The van der Waals surface area contributed by atoms with Crippen LogP contribution in [0.4, 0.5) is 0 Å². The number of hydrogen-bond acceptors (Lipinski definition) is 4. The number of rotatable bonds is 12. The van der Waals surface area contributed by atoms with Gasteiger partial charge in [0.05, 0.1) is 19.0 Å². The molecule has 212 valence electrons. The average Bonchev–Trinajstić information content (AvgIpc) is 3.23. The van der Waals surface area contributed by atoms with Crippen molar-refractivity contribution < 1.29 is 14.3 Å². The van der Waals surface area contributed by atoms with E-state index in [0.29, 0.717) is 22.7 Å². The van der Waals surface area contributed by atoms with E-state index >= 15 is 0 Å². The fourth-order valence-electron chi connectivity index (χ4n) is 9.42. The molecular weight excluding hydrogens is 476 g/mol. The Balaban J connectivity index is 1.30. The van der Waals surface area contributed by atoms with Crippen LogP contribution in [0.5, 0.6) is 0 Å². The maximum atomic E-state index is 11.3. The SMILES string of the molecule is COC(=O)CSCCCOC1CCC2(C)C(=CCC3C2CCC2(C)C(C(C)CCCC(C)C)CCC32)C1. The predicted octanol–water partition coefficient (Wildman–Crippen LogP) is 8.71. The van der Waals surface area contributed by atoms with Gasteiger partial charge >= 0.3 is 5.97 Å².